The molecule has 0 atom stereocenters. The van der Waals surface area contributed by atoms with Gasteiger partial charge in [-0.2, -0.15) is 0 Å². The van der Waals surface area contributed by atoms with E-state index >= 15 is 0 Å². The number of nitrogens with zero attached hydrogens (tertiary/aromatic N) is 5. The van der Waals surface area contributed by atoms with Gasteiger partial charge in [0, 0.05) is 43.5 Å². The van der Waals surface area contributed by atoms with Gasteiger partial charge in [-0.1, -0.05) is 6.42 Å². The van der Waals surface area contributed by atoms with Crippen LogP contribution in [-0.2, 0) is 0 Å². The van der Waals surface area contributed by atoms with E-state index in [9.17, 15) is 0 Å². The van der Waals surface area contributed by atoms with Gasteiger partial charge in [0.2, 0.25) is 5.88 Å². The summed E-state index contributed by atoms with van der Waals surface area (Å²) in [5.74, 6) is 1.60. The summed E-state index contributed by atoms with van der Waals surface area (Å²) in [6.07, 6.45) is 10.0. The number of ether oxygens (including phenoxy) is 1. The molecule has 148 valence electrons. The average Bonchev–Trinajstić information content (AvgIpc) is 3.10. The summed E-state index contributed by atoms with van der Waals surface area (Å²) in [4.78, 5) is 9.43. The number of hydrogen-bond acceptors (Lipinski definition) is 6. The first-order valence-corrected chi connectivity index (χ1v) is 10.6. The summed E-state index contributed by atoms with van der Waals surface area (Å²) in [6, 6.07) is 8.85. The van der Waals surface area contributed by atoms with Gasteiger partial charge in [-0.3, -0.25) is 4.90 Å². The Morgan fingerprint density at radius 1 is 1.00 bits per heavy atom. The Hall–Kier alpha value is -2.21. The van der Waals surface area contributed by atoms with Crippen LogP contribution in [0.4, 0.5) is 5.82 Å². The van der Waals surface area contributed by atoms with Gasteiger partial charge < -0.3 is 9.64 Å². The highest BCUT2D eigenvalue weighted by Crippen LogP contribution is 2.43. The third-order valence-electron chi connectivity index (χ3n) is 7.10. The molecule has 1 spiro atoms. The lowest BCUT2D eigenvalue weighted by molar-refractivity contribution is 0.127. The molecule has 28 heavy (non-hydrogen) atoms. The molecule has 0 bridgehead atoms. The molecule has 0 N–H and O–H groups in total. The van der Waals surface area contributed by atoms with E-state index in [4.69, 9.17) is 4.74 Å². The van der Waals surface area contributed by atoms with Crippen molar-refractivity contribution in [2.45, 2.75) is 44.6 Å². The molecule has 4 heterocycles. The molecule has 1 aliphatic carbocycles. The van der Waals surface area contributed by atoms with Crippen molar-refractivity contribution in [2.24, 2.45) is 5.41 Å². The highest BCUT2D eigenvalue weighted by atomic mass is 16.5. The first-order chi connectivity index (χ1) is 13.7. The Balaban J connectivity index is 1.20. The second kappa shape index (κ2) is 7.32. The van der Waals surface area contributed by atoms with E-state index in [1.165, 1.54) is 51.6 Å². The smallest absolute Gasteiger partial charge is 0.212 e. The van der Waals surface area contributed by atoms with Crippen molar-refractivity contribution < 1.29 is 4.74 Å². The van der Waals surface area contributed by atoms with Crippen LogP contribution in [-0.4, -0.2) is 59.4 Å². The monoisotopic (exact) mass is 379 g/mol. The molecule has 2 saturated heterocycles. The third-order valence-corrected chi connectivity index (χ3v) is 7.10. The number of hydrogen-bond donors (Lipinski definition) is 0. The second-order valence-electron chi connectivity index (χ2n) is 8.66. The van der Waals surface area contributed by atoms with Gasteiger partial charge in [0.1, 0.15) is 0 Å². The molecule has 3 aliphatic rings. The topological polar surface area (TPSA) is 54.4 Å². The molecule has 0 aromatic carbocycles. The minimum absolute atomic E-state index is 0.550. The van der Waals surface area contributed by atoms with Gasteiger partial charge in [0.25, 0.3) is 0 Å². The van der Waals surface area contributed by atoms with E-state index in [0.717, 1.165) is 36.2 Å². The lowest BCUT2D eigenvalue weighted by Crippen LogP contribution is -2.44. The minimum Gasteiger partial charge on any atom is -0.481 e. The Labute approximate surface area is 166 Å². The first kappa shape index (κ1) is 17.9. The maximum atomic E-state index is 5.12. The molecular weight excluding hydrogens is 350 g/mol. The van der Waals surface area contributed by atoms with E-state index in [2.05, 4.69) is 31.0 Å². The first-order valence-electron chi connectivity index (χ1n) is 10.6. The summed E-state index contributed by atoms with van der Waals surface area (Å²) in [5.41, 5.74) is 2.35. The van der Waals surface area contributed by atoms with E-state index in [1.807, 2.05) is 18.2 Å². The van der Waals surface area contributed by atoms with Crippen LogP contribution >= 0.6 is 0 Å². The lowest BCUT2D eigenvalue weighted by Gasteiger charge is -2.41. The Morgan fingerprint density at radius 2 is 1.82 bits per heavy atom. The van der Waals surface area contributed by atoms with Crippen molar-refractivity contribution in [1.29, 1.82) is 0 Å². The van der Waals surface area contributed by atoms with Crippen LogP contribution in [0.15, 0.2) is 30.5 Å². The van der Waals surface area contributed by atoms with Crippen LogP contribution in [0, 0.1) is 5.41 Å². The van der Waals surface area contributed by atoms with Crippen LogP contribution in [0.2, 0.25) is 0 Å². The van der Waals surface area contributed by atoms with Crippen LogP contribution in [0.1, 0.15) is 38.5 Å². The number of rotatable bonds is 4. The number of likely N-dealkylation sites (tertiary alicyclic amines) is 1. The van der Waals surface area contributed by atoms with Crippen molar-refractivity contribution in [3.8, 4) is 17.1 Å². The quantitative estimate of drug-likeness (QED) is 0.812. The fraction of sp³-hybridized carbons (Fsp3) is 0.591. The normalized spacial score (nSPS) is 22.4. The second-order valence-corrected chi connectivity index (χ2v) is 8.66. The summed E-state index contributed by atoms with van der Waals surface area (Å²) >= 11 is 0. The fourth-order valence-corrected chi connectivity index (χ4v) is 4.95. The van der Waals surface area contributed by atoms with E-state index in [1.54, 1.807) is 13.3 Å². The van der Waals surface area contributed by atoms with Crippen LogP contribution in [0.3, 0.4) is 0 Å². The van der Waals surface area contributed by atoms with Gasteiger partial charge >= 0.3 is 0 Å². The number of piperidine rings is 1. The molecule has 6 nitrogen and oxygen atoms in total. The van der Waals surface area contributed by atoms with Gasteiger partial charge in [-0.15, -0.1) is 10.2 Å². The highest BCUT2D eigenvalue weighted by molar-refractivity contribution is 5.59. The van der Waals surface area contributed by atoms with Crippen LogP contribution in [0.5, 0.6) is 5.88 Å². The third kappa shape index (κ3) is 3.34. The summed E-state index contributed by atoms with van der Waals surface area (Å²) in [5, 5.41) is 8.95. The molecule has 0 radical (unpaired) electrons. The molecule has 0 amide bonds. The number of methoxy groups -OCH3 is 1. The number of pyridine rings is 1. The van der Waals surface area contributed by atoms with Crippen molar-refractivity contribution in [1.82, 2.24) is 20.1 Å². The number of aromatic nitrogens is 3. The molecule has 2 aromatic rings. The van der Waals surface area contributed by atoms with E-state index in [-0.39, 0.29) is 0 Å². The SMILES string of the molecule is COc1ccc(-c2ccc(N3CCC4(CC3)CCN(C3CCC3)C4)nn2)cn1. The predicted molar refractivity (Wildman–Crippen MR) is 110 cm³/mol. The molecule has 0 unspecified atom stereocenters. The Morgan fingerprint density at radius 3 is 2.43 bits per heavy atom. The minimum atomic E-state index is 0.550. The Kier molecular flexibility index (Phi) is 4.67. The largest absolute Gasteiger partial charge is 0.481 e. The average molecular weight is 380 g/mol. The zero-order valence-electron chi connectivity index (χ0n) is 16.7. The van der Waals surface area contributed by atoms with Gasteiger partial charge in [0.15, 0.2) is 5.82 Å². The molecular formula is C22H29N5O. The van der Waals surface area contributed by atoms with Gasteiger partial charge in [0.05, 0.1) is 12.8 Å². The molecule has 2 aliphatic heterocycles. The van der Waals surface area contributed by atoms with Crippen molar-refractivity contribution in [2.75, 3.05) is 38.2 Å². The maximum Gasteiger partial charge on any atom is 0.212 e. The fourth-order valence-electron chi connectivity index (χ4n) is 4.95. The number of anilines is 1. The molecule has 6 heteroatoms. The molecule has 3 fully saturated rings. The standard InChI is InChI=1S/C22H29N5O/c1-28-21-8-5-17(15-23-21)19-6-7-20(25-24-19)26-12-9-22(10-13-26)11-14-27(16-22)18-3-2-4-18/h5-8,15,18H,2-4,9-14,16H2,1H3. The molecule has 2 aromatic heterocycles. The van der Waals surface area contributed by atoms with Gasteiger partial charge in [-0.05, 0) is 62.3 Å². The van der Waals surface area contributed by atoms with Crippen molar-refractivity contribution >= 4 is 5.82 Å². The van der Waals surface area contributed by atoms with Crippen LogP contribution < -0.4 is 9.64 Å². The zero-order chi connectivity index (χ0) is 19.0. The van der Waals surface area contributed by atoms with E-state index in [0.29, 0.717) is 11.3 Å². The zero-order valence-corrected chi connectivity index (χ0v) is 16.7. The summed E-state index contributed by atoms with van der Waals surface area (Å²) in [6.45, 7) is 4.82. The Bertz CT molecular complexity index is 795. The summed E-state index contributed by atoms with van der Waals surface area (Å²) in [7, 11) is 1.62. The molecule has 5 rings (SSSR count). The maximum absolute atomic E-state index is 5.12. The predicted octanol–water partition coefficient (Wildman–Crippen LogP) is 3.39. The van der Waals surface area contributed by atoms with Crippen LogP contribution in [0.25, 0.3) is 11.3 Å². The van der Waals surface area contributed by atoms with Crippen molar-refractivity contribution in [3.05, 3.63) is 30.5 Å². The molecule has 1 saturated carbocycles. The lowest BCUT2D eigenvalue weighted by atomic mass is 9.77. The van der Waals surface area contributed by atoms with Gasteiger partial charge in [-0.25, -0.2) is 4.98 Å². The highest BCUT2D eigenvalue weighted by Gasteiger charge is 2.43. The van der Waals surface area contributed by atoms with Crippen molar-refractivity contribution in [3.63, 3.8) is 0 Å². The summed E-state index contributed by atoms with van der Waals surface area (Å²) < 4.78 is 5.12. The van der Waals surface area contributed by atoms with E-state index < -0.39 is 0 Å².